The van der Waals surface area contributed by atoms with Gasteiger partial charge in [0.1, 0.15) is 0 Å². The van der Waals surface area contributed by atoms with E-state index in [1.807, 2.05) is 0 Å². The Bertz CT molecular complexity index is 514. The van der Waals surface area contributed by atoms with E-state index in [9.17, 15) is 15.0 Å². The number of hydrogen-bond donors (Lipinski definition) is 2. The molecule has 0 aromatic rings. The van der Waals surface area contributed by atoms with Gasteiger partial charge in [-0.1, -0.05) is 6.42 Å². The quantitative estimate of drug-likeness (QED) is 0.615. The van der Waals surface area contributed by atoms with E-state index in [2.05, 4.69) is 0 Å². The van der Waals surface area contributed by atoms with E-state index in [0.29, 0.717) is 5.57 Å². The predicted octanol–water partition coefficient (Wildman–Crippen LogP) is 2.72. The third-order valence-electron chi connectivity index (χ3n) is 5.21. The summed E-state index contributed by atoms with van der Waals surface area (Å²) in [6, 6.07) is 0. The molecule has 3 aliphatic rings. The van der Waals surface area contributed by atoms with E-state index < -0.39 is 11.9 Å². The monoisotopic (exact) mass is 322 g/mol. The van der Waals surface area contributed by atoms with Crippen LogP contribution in [0.2, 0.25) is 0 Å². The van der Waals surface area contributed by atoms with Crippen molar-refractivity contribution in [3.05, 3.63) is 23.0 Å². The summed E-state index contributed by atoms with van der Waals surface area (Å²) in [7, 11) is 0. The lowest BCUT2D eigenvalue weighted by Gasteiger charge is -2.38. The van der Waals surface area contributed by atoms with Gasteiger partial charge in [-0.15, -0.1) is 0 Å². The molecule has 2 N–H and O–H groups in total. The van der Waals surface area contributed by atoms with Crippen LogP contribution in [0.5, 0.6) is 0 Å². The molecule has 1 atom stereocenters. The zero-order valence-electron chi connectivity index (χ0n) is 13.6. The summed E-state index contributed by atoms with van der Waals surface area (Å²) in [5, 5.41) is 19.9. The first-order valence-electron chi connectivity index (χ1n) is 8.73. The lowest BCUT2D eigenvalue weighted by atomic mass is 9.86. The summed E-state index contributed by atoms with van der Waals surface area (Å²) in [4.78, 5) is 12.3. The van der Waals surface area contributed by atoms with Crippen LogP contribution < -0.4 is 0 Å². The Hall–Kier alpha value is -1.33. The second-order valence-corrected chi connectivity index (χ2v) is 6.84. The van der Waals surface area contributed by atoms with Crippen LogP contribution in [0, 0.1) is 0 Å². The van der Waals surface area contributed by atoms with Crippen molar-refractivity contribution in [1.82, 2.24) is 0 Å². The second kappa shape index (κ2) is 7.05. The minimum Gasteiger partial charge on any atom is -0.459 e. The maximum atomic E-state index is 12.3. The van der Waals surface area contributed by atoms with Crippen LogP contribution in [0.1, 0.15) is 64.2 Å². The zero-order valence-corrected chi connectivity index (χ0v) is 13.6. The van der Waals surface area contributed by atoms with Crippen LogP contribution in [-0.2, 0) is 14.3 Å². The molecule has 1 unspecified atom stereocenters. The van der Waals surface area contributed by atoms with Crippen molar-refractivity contribution in [2.75, 3.05) is 6.61 Å². The Morgan fingerprint density at radius 1 is 1.13 bits per heavy atom. The molecule has 3 rings (SSSR count). The number of hydrogen-bond acceptors (Lipinski definition) is 5. The number of aliphatic hydroxyl groups is 2. The Labute approximate surface area is 137 Å². The van der Waals surface area contributed by atoms with Gasteiger partial charge in [0.25, 0.3) is 5.79 Å². The number of carbonyl (C=O) groups is 1. The van der Waals surface area contributed by atoms with E-state index in [1.165, 1.54) is 6.26 Å². The molecule has 0 aromatic carbocycles. The molecule has 0 radical (unpaired) electrons. The SMILES string of the molecule is O=C1OC2(CCCCC2)OC=C1CC(O)C1=C(CO)CCCC1. The molecule has 1 fully saturated rings. The highest BCUT2D eigenvalue weighted by atomic mass is 16.7. The fourth-order valence-electron chi connectivity index (χ4n) is 3.83. The van der Waals surface area contributed by atoms with Gasteiger partial charge in [0, 0.05) is 19.3 Å². The van der Waals surface area contributed by atoms with Crippen molar-refractivity contribution in [3.63, 3.8) is 0 Å². The van der Waals surface area contributed by atoms with Crippen LogP contribution in [-0.4, -0.2) is 34.7 Å². The van der Waals surface area contributed by atoms with Crippen molar-refractivity contribution < 1.29 is 24.5 Å². The van der Waals surface area contributed by atoms with Crippen LogP contribution in [0.15, 0.2) is 23.0 Å². The van der Waals surface area contributed by atoms with Crippen LogP contribution in [0.25, 0.3) is 0 Å². The Morgan fingerprint density at radius 2 is 1.87 bits per heavy atom. The van der Waals surface area contributed by atoms with E-state index in [4.69, 9.17) is 9.47 Å². The fourth-order valence-corrected chi connectivity index (χ4v) is 3.83. The summed E-state index contributed by atoms with van der Waals surface area (Å²) >= 11 is 0. The normalized spacial score (nSPS) is 25.7. The lowest BCUT2D eigenvalue weighted by Crippen LogP contribution is -2.42. The minimum atomic E-state index is -0.774. The average Bonchev–Trinajstić information content (AvgIpc) is 2.58. The summed E-state index contributed by atoms with van der Waals surface area (Å²) < 4.78 is 11.3. The molecule has 5 nitrogen and oxygen atoms in total. The first kappa shape index (κ1) is 16.5. The molecule has 1 spiro atoms. The number of carbonyl (C=O) groups excluding carboxylic acids is 1. The molecule has 1 aliphatic heterocycles. The van der Waals surface area contributed by atoms with Gasteiger partial charge < -0.3 is 19.7 Å². The Kier molecular flexibility index (Phi) is 5.07. The third-order valence-corrected chi connectivity index (χ3v) is 5.21. The van der Waals surface area contributed by atoms with Crippen molar-refractivity contribution in [3.8, 4) is 0 Å². The van der Waals surface area contributed by atoms with Crippen molar-refractivity contribution >= 4 is 5.97 Å². The maximum Gasteiger partial charge on any atom is 0.340 e. The fraction of sp³-hybridized carbons (Fsp3) is 0.722. The first-order chi connectivity index (χ1) is 11.1. The second-order valence-electron chi connectivity index (χ2n) is 6.84. The van der Waals surface area contributed by atoms with Gasteiger partial charge in [0.2, 0.25) is 0 Å². The number of esters is 1. The molecule has 0 aromatic heterocycles. The smallest absolute Gasteiger partial charge is 0.340 e. The van der Waals surface area contributed by atoms with Gasteiger partial charge in [-0.3, -0.25) is 0 Å². The summed E-state index contributed by atoms with van der Waals surface area (Å²) in [5.41, 5.74) is 2.17. The number of aliphatic hydroxyl groups excluding tert-OH is 2. The zero-order chi connectivity index (χ0) is 16.3. The van der Waals surface area contributed by atoms with Gasteiger partial charge in [0.05, 0.1) is 24.5 Å². The Morgan fingerprint density at radius 3 is 2.57 bits per heavy atom. The molecule has 23 heavy (non-hydrogen) atoms. The van der Waals surface area contributed by atoms with Crippen LogP contribution in [0.3, 0.4) is 0 Å². The van der Waals surface area contributed by atoms with Crippen molar-refractivity contribution in [2.24, 2.45) is 0 Å². The van der Waals surface area contributed by atoms with Gasteiger partial charge in [0.15, 0.2) is 0 Å². The molecular formula is C18H26O5. The summed E-state index contributed by atoms with van der Waals surface area (Å²) in [5.74, 6) is -1.15. The van der Waals surface area contributed by atoms with Crippen molar-refractivity contribution in [2.45, 2.75) is 76.1 Å². The molecule has 0 amide bonds. The molecule has 1 heterocycles. The molecule has 5 heteroatoms. The summed E-state index contributed by atoms with van der Waals surface area (Å²) in [6.07, 6.45) is 9.23. The van der Waals surface area contributed by atoms with Gasteiger partial charge >= 0.3 is 5.97 Å². The largest absolute Gasteiger partial charge is 0.459 e. The van der Waals surface area contributed by atoms with Gasteiger partial charge in [-0.05, 0) is 49.7 Å². The molecule has 2 aliphatic carbocycles. The highest BCUT2D eigenvalue weighted by Crippen LogP contribution is 2.37. The van der Waals surface area contributed by atoms with E-state index in [0.717, 1.165) is 68.9 Å². The molecule has 0 bridgehead atoms. The first-order valence-corrected chi connectivity index (χ1v) is 8.73. The molecule has 128 valence electrons. The van der Waals surface area contributed by atoms with Gasteiger partial charge in [-0.25, -0.2) is 4.79 Å². The minimum absolute atomic E-state index is 0.0184. The summed E-state index contributed by atoms with van der Waals surface area (Å²) in [6.45, 7) is -0.0184. The van der Waals surface area contributed by atoms with E-state index in [1.54, 1.807) is 0 Å². The molecule has 0 saturated heterocycles. The average molecular weight is 322 g/mol. The molecule has 1 saturated carbocycles. The van der Waals surface area contributed by atoms with Crippen LogP contribution in [0.4, 0.5) is 0 Å². The Balaban J connectivity index is 1.68. The van der Waals surface area contributed by atoms with Gasteiger partial charge in [-0.2, -0.15) is 0 Å². The number of rotatable bonds is 4. The maximum absolute atomic E-state index is 12.3. The van der Waals surface area contributed by atoms with Crippen LogP contribution >= 0.6 is 0 Å². The van der Waals surface area contributed by atoms with E-state index >= 15 is 0 Å². The lowest BCUT2D eigenvalue weighted by molar-refractivity contribution is -0.228. The third kappa shape index (κ3) is 3.61. The molecular weight excluding hydrogens is 296 g/mol. The highest BCUT2D eigenvalue weighted by Gasteiger charge is 2.41. The van der Waals surface area contributed by atoms with Crippen molar-refractivity contribution in [1.29, 1.82) is 0 Å². The topological polar surface area (TPSA) is 76.0 Å². The number of ether oxygens (including phenoxy) is 2. The van der Waals surface area contributed by atoms with E-state index in [-0.39, 0.29) is 19.0 Å². The highest BCUT2D eigenvalue weighted by molar-refractivity contribution is 5.89. The predicted molar refractivity (Wildman–Crippen MR) is 84.3 cm³/mol. The standard InChI is InChI=1S/C18H26O5/c19-11-13-6-2-3-7-15(13)16(20)10-14-12-22-18(23-17(14)21)8-4-1-5-9-18/h12,16,19-20H,1-11H2.